The highest BCUT2D eigenvalue weighted by Crippen LogP contribution is 2.30. The van der Waals surface area contributed by atoms with Gasteiger partial charge in [-0.25, -0.2) is 0 Å². The van der Waals surface area contributed by atoms with Crippen LogP contribution in [0.25, 0.3) is 17.3 Å². The summed E-state index contributed by atoms with van der Waals surface area (Å²) in [5, 5.41) is 12.0. The lowest BCUT2D eigenvalue weighted by molar-refractivity contribution is -0.113. The fourth-order valence-electron chi connectivity index (χ4n) is 3.10. The molecule has 2 aromatic carbocycles. The number of hydrogen-bond acceptors (Lipinski definition) is 8. The number of amides is 1. The van der Waals surface area contributed by atoms with E-state index in [1.54, 1.807) is 57.9 Å². The maximum Gasteiger partial charge on any atom is 0.234 e. The quantitative estimate of drug-likeness (QED) is 0.365. The number of methoxy groups -OCH3 is 3. The van der Waals surface area contributed by atoms with Crippen LogP contribution in [0.15, 0.2) is 70.4 Å². The van der Waals surface area contributed by atoms with Gasteiger partial charge in [0, 0.05) is 23.9 Å². The number of nitrogens with zero attached hydrogens (tertiary/aromatic N) is 3. The third kappa shape index (κ3) is 5.12. The number of furan rings is 1. The van der Waals surface area contributed by atoms with E-state index in [0.717, 1.165) is 11.4 Å². The van der Waals surface area contributed by atoms with Gasteiger partial charge in [-0.05, 0) is 36.4 Å². The minimum absolute atomic E-state index is 0.117. The second kappa shape index (κ2) is 10.1. The molecule has 0 atom stereocenters. The molecule has 2 heterocycles. The Morgan fingerprint density at radius 1 is 0.970 bits per heavy atom. The summed E-state index contributed by atoms with van der Waals surface area (Å²) in [6, 6.07) is 16.2. The van der Waals surface area contributed by atoms with Crippen molar-refractivity contribution >= 4 is 23.4 Å². The van der Waals surface area contributed by atoms with Crippen molar-refractivity contribution in [1.82, 2.24) is 14.8 Å². The van der Waals surface area contributed by atoms with Crippen molar-refractivity contribution in [2.75, 3.05) is 32.4 Å². The molecule has 4 rings (SSSR count). The summed E-state index contributed by atoms with van der Waals surface area (Å²) in [5.74, 6) is 2.90. The largest absolute Gasteiger partial charge is 0.497 e. The lowest BCUT2D eigenvalue weighted by atomic mass is 10.2. The van der Waals surface area contributed by atoms with Crippen molar-refractivity contribution in [3.63, 3.8) is 0 Å². The molecule has 1 amide bonds. The summed E-state index contributed by atoms with van der Waals surface area (Å²) < 4.78 is 23.1. The zero-order valence-electron chi connectivity index (χ0n) is 18.3. The molecule has 0 aliphatic rings. The first-order valence-electron chi connectivity index (χ1n) is 9.90. The van der Waals surface area contributed by atoms with Crippen molar-refractivity contribution < 1.29 is 23.4 Å². The Kier molecular flexibility index (Phi) is 6.84. The molecule has 0 spiro atoms. The summed E-state index contributed by atoms with van der Waals surface area (Å²) in [7, 11) is 4.72. The molecule has 4 aromatic rings. The van der Waals surface area contributed by atoms with E-state index >= 15 is 0 Å². The Bertz CT molecular complexity index is 1200. The van der Waals surface area contributed by atoms with Crippen molar-refractivity contribution in [2.24, 2.45) is 0 Å². The van der Waals surface area contributed by atoms with Crippen LogP contribution in [0.1, 0.15) is 0 Å². The molecule has 0 saturated carbocycles. The average molecular weight is 467 g/mol. The van der Waals surface area contributed by atoms with Crippen LogP contribution in [0.3, 0.4) is 0 Å². The summed E-state index contributed by atoms with van der Waals surface area (Å²) in [6.07, 6.45) is 1.57. The number of benzene rings is 2. The number of carbonyl (C=O) groups excluding carboxylic acids is 1. The zero-order chi connectivity index (χ0) is 23.2. The third-order valence-corrected chi connectivity index (χ3v) is 5.60. The standard InChI is InChI=1S/C23H22N4O5S/c1-29-17-8-6-16(7-9-17)27-22(20-5-4-10-32-20)25-26-23(27)33-14-21(28)24-15-11-18(30-2)13-19(12-15)31-3/h4-13H,14H2,1-3H3,(H,24,28). The zero-order valence-corrected chi connectivity index (χ0v) is 19.1. The van der Waals surface area contributed by atoms with E-state index in [0.29, 0.717) is 33.9 Å². The van der Waals surface area contributed by atoms with Crippen LogP contribution in [0.5, 0.6) is 17.2 Å². The molecule has 10 heteroatoms. The van der Waals surface area contributed by atoms with Gasteiger partial charge in [0.1, 0.15) is 17.2 Å². The lowest BCUT2D eigenvalue weighted by Gasteiger charge is -2.11. The first-order valence-corrected chi connectivity index (χ1v) is 10.9. The minimum atomic E-state index is -0.209. The van der Waals surface area contributed by atoms with E-state index in [1.807, 2.05) is 28.8 Å². The maximum absolute atomic E-state index is 12.6. The molecule has 0 saturated heterocycles. The summed E-state index contributed by atoms with van der Waals surface area (Å²) >= 11 is 1.26. The Labute approximate surface area is 194 Å². The Hall–Kier alpha value is -3.92. The number of nitrogens with one attached hydrogen (secondary N) is 1. The monoisotopic (exact) mass is 466 g/mol. The number of rotatable bonds is 9. The molecular formula is C23H22N4O5S. The van der Waals surface area contributed by atoms with E-state index < -0.39 is 0 Å². The second-order valence-corrected chi connectivity index (χ2v) is 7.70. The van der Waals surface area contributed by atoms with Crippen LogP contribution < -0.4 is 19.5 Å². The van der Waals surface area contributed by atoms with Gasteiger partial charge in [0.15, 0.2) is 10.9 Å². The van der Waals surface area contributed by atoms with Crippen LogP contribution in [0.2, 0.25) is 0 Å². The van der Waals surface area contributed by atoms with Gasteiger partial charge in [0.2, 0.25) is 11.7 Å². The molecule has 2 aromatic heterocycles. The summed E-state index contributed by atoms with van der Waals surface area (Å²) in [4.78, 5) is 12.6. The van der Waals surface area contributed by atoms with Crippen LogP contribution in [0, 0.1) is 0 Å². The van der Waals surface area contributed by atoms with Crippen LogP contribution in [0.4, 0.5) is 5.69 Å². The molecule has 33 heavy (non-hydrogen) atoms. The Balaban J connectivity index is 1.55. The predicted octanol–water partition coefficient (Wildman–Crippen LogP) is 4.28. The molecule has 0 unspecified atom stereocenters. The molecule has 9 nitrogen and oxygen atoms in total. The van der Waals surface area contributed by atoms with Crippen molar-refractivity contribution in [1.29, 1.82) is 0 Å². The smallest absolute Gasteiger partial charge is 0.234 e. The number of ether oxygens (including phenoxy) is 3. The second-order valence-electron chi connectivity index (χ2n) is 6.76. The molecule has 0 radical (unpaired) electrons. The lowest BCUT2D eigenvalue weighted by Crippen LogP contribution is -2.14. The fraction of sp³-hybridized carbons (Fsp3) is 0.174. The average Bonchev–Trinajstić information content (AvgIpc) is 3.52. The highest BCUT2D eigenvalue weighted by atomic mass is 32.2. The molecule has 0 bridgehead atoms. The highest BCUT2D eigenvalue weighted by molar-refractivity contribution is 7.99. The van der Waals surface area contributed by atoms with Crippen molar-refractivity contribution in [3.8, 4) is 34.5 Å². The third-order valence-electron chi connectivity index (χ3n) is 4.67. The maximum atomic E-state index is 12.6. The van der Waals surface area contributed by atoms with Gasteiger partial charge in [-0.1, -0.05) is 11.8 Å². The van der Waals surface area contributed by atoms with Gasteiger partial charge >= 0.3 is 0 Å². The van der Waals surface area contributed by atoms with Crippen LogP contribution >= 0.6 is 11.8 Å². The predicted molar refractivity (Wildman–Crippen MR) is 125 cm³/mol. The van der Waals surface area contributed by atoms with Gasteiger partial charge in [-0.2, -0.15) is 0 Å². The Morgan fingerprint density at radius 3 is 2.27 bits per heavy atom. The Morgan fingerprint density at radius 2 is 1.67 bits per heavy atom. The molecule has 0 aliphatic carbocycles. The minimum Gasteiger partial charge on any atom is -0.497 e. The fourth-order valence-corrected chi connectivity index (χ4v) is 3.85. The molecule has 1 N–H and O–H groups in total. The van der Waals surface area contributed by atoms with Gasteiger partial charge in [-0.15, -0.1) is 10.2 Å². The van der Waals surface area contributed by atoms with E-state index in [-0.39, 0.29) is 11.7 Å². The van der Waals surface area contributed by atoms with E-state index in [1.165, 1.54) is 11.8 Å². The molecule has 0 fully saturated rings. The molecular weight excluding hydrogens is 444 g/mol. The first-order chi connectivity index (χ1) is 16.1. The normalized spacial score (nSPS) is 10.6. The van der Waals surface area contributed by atoms with Gasteiger partial charge in [0.05, 0.1) is 39.0 Å². The van der Waals surface area contributed by atoms with Gasteiger partial charge in [0.25, 0.3) is 0 Å². The van der Waals surface area contributed by atoms with E-state index in [2.05, 4.69) is 15.5 Å². The van der Waals surface area contributed by atoms with Gasteiger partial charge < -0.3 is 23.9 Å². The topological polar surface area (TPSA) is 101 Å². The van der Waals surface area contributed by atoms with Crippen molar-refractivity contribution in [3.05, 3.63) is 60.9 Å². The van der Waals surface area contributed by atoms with Crippen LogP contribution in [-0.2, 0) is 4.79 Å². The summed E-state index contributed by atoms with van der Waals surface area (Å²) in [6.45, 7) is 0. The molecule has 0 aliphatic heterocycles. The number of thioether (sulfide) groups is 1. The van der Waals surface area contributed by atoms with E-state index in [9.17, 15) is 4.79 Å². The number of aromatic nitrogens is 3. The molecule has 170 valence electrons. The first kappa shape index (κ1) is 22.3. The van der Waals surface area contributed by atoms with Crippen molar-refractivity contribution in [2.45, 2.75) is 5.16 Å². The van der Waals surface area contributed by atoms with E-state index in [4.69, 9.17) is 18.6 Å². The number of carbonyl (C=O) groups is 1. The summed E-state index contributed by atoms with van der Waals surface area (Å²) in [5.41, 5.74) is 1.39. The highest BCUT2D eigenvalue weighted by Gasteiger charge is 2.19. The van der Waals surface area contributed by atoms with Crippen LogP contribution in [-0.4, -0.2) is 47.8 Å². The number of anilines is 1. The number of hydrogen-bond donors (Lipinski definition) is 1. The SMILES string of the molecule is COc1ccc(-n2c(SCC(=O)Nc3cc(OC)cc(OC)c3)nnc2-c2ccco2)cc1. The van der Waals surface area contributed by atoms with Gasteiger partial charge in [-0.3, -0.25) is 9.36 Å².